The van der Waals surface area contributed by atoms with Gasteiger partial charge in [0.2, 0.25) is 0 Å². The molecule has 0 N–H and O–H groups in total. The van der Waals surface area contributed by atoms with Gasteiger partial charge >= 0.3 is 0 Å². The summed E-state index contributed by atoms with van der Waals surface area (Å²) >= 11 is 0. The van der Waals surface area contributed by atoms with Gasteiger partial charge in [-0.3, -0.25) is 4.40 Å². The molecule has 2 unspecified atom stereocenters. The molecule has 0 saturated heterocycles. The molecule has 0 spiro atoms. The topological polar surface area (TPSA) is 57.2 Å². The maximum Gasteiger partial charge on any atom is 0.179 e. The molecule has 0 aromatic carbocycles. The first kappa shape index (κ1) is 18.6. The summed E-state index contributed by atoms with van der Waals surface area (Å²) in [5, 5.41) is 8.97. The van der Waals surface area contributed by atoms with E-state index in [9.17, 15) is 0 Å². The smallest absolute Gasteiger partial charge is 0.179 e. The van der Waals surface area contributed by atoms with Crippen molar-refractivity contribution in [2.75, 3.05) is 6.61 Å². The highest BCUT2D eigenvalue weighted by molar-refractivity contribution is 6.76. The van der Waals surface area contributed by atoms with E-state index < -0.39 is 8.07 Å². The average molecular weight is 386 g/mol. The molecule has 0 aliphatic heterocycles. The largest absolute Gasteiger partial charge is 0.361 e. The number of aromatic nitrogens is 5. The normalized spacial score (nSPS) is 21.3. The van der Waals surface area contributed by atoms with Crippen molar-refractivity contribution in [3.05, 3.63) is 24.3 Å². The fraction of sp³-hybridized carbons (Fsp3) is 0.650. The Labute approximate surface area is 162 Å². The minimum Gasteiger partial charge on any atom is -0.361 e. The van der Waals surface area contributed by atoms with Gasteiger partial charge in [0, 0.05) is 26.8 Å². The summed E-state index contributed by atoms with van der Waals surface area (Å²) in [7, 11) is -1.06. The molecule has 4 rings (SSSR count). The summed E-state index contributed by atoms with van der Waals surface area (Å²) in [5.41, 5.74) is 2.87. The summed E-state index contributed by atoms with van der Waals surface area (Å²) < 4.78 is 10.2. The summed E-state index contributed by atoms with van der Waals surface area (Å²) in [4.78, 5) is 4.64. The summed E-state index contributed by atoms with van der Waals surface area (Å²) in [6.45, 7) is 10.8. The third-order valence-electron chi connectivity index (χ3n) is 5.84. The molecular formula is C20H31N5OSi. The first-order chi connectivity index (χ1) is 12.9. The van der Waals surface area contributed by atoms with E-state index in [1.54, 1.807) is 0 Å². The number of rotatable bonds is 6. The molecule has 0 bridgehead atoms. The predicted octanol–water partition coefficient (Wildman–Crippen LogP) is 4.69. The first-order valence-corrected chi connectivity index (χ1v) is 13.9. The van der Waals surface area contributed by atoms with Gasteiger partial charge in [-0.1, -0.05) is 45.8 Å². The van der Waals surface area contributed by atoms with Crippen molar-refractivity contribution in [2.24, 2.45) is 5.92 Å². The summed E-state index contributed by atoms with van der Waals surface area (Å²) in [6.07, 6.45) is 9.00. The zero-order valence-electron chi connectivity index (χ0n) is 17.0. The van der Waals surface area contributed by atoms with Crippen LogP contribution in [0.4, 0.5) is 0 Å². The Morgan fingerprint density at radius 3 is 2.78 bits per heavy atom. The van der Waals surface area contributed by atoms with E-state index in [2.05, 4.69) is 63.0 Å². The summed E-state index contributed by atoms with van der Waals surface area (Å²) in [5.74, 6) is 2.24. The second-order valence-electron chi connectivity index (χ2n) is 9.22. The minimum atomic E-state index is -1.06. The number of hydrogen-bond acceptors (Lipinski definition) is 4. The van der Waals surface area contributed by atoms with Gasteiger partial charge in [-0.05, 0) is 24.4 Å². The van der Waals surface area contributed by atoms with E-state index in [1.807, 2.05) is 6.20 Å². The fourth-order valence-corrected chi connectivity index (χ4v) is 4.87. The first-order valence-electron chi connectivity index (χ1n) is 10.2. The zero-order valence-corrected chi connectivity index (χ0v) is 18.0. The molecular weight excluding hydrogens is 354 g/mol. The van der Waals surface area contributed by atoms with Crippen LogP contribution in [0.2, 0.25) is 25.7 Å². The fourth-order valence-electron chi connectivity index (χ4n) is 4.11. The lowest BCUT2D eigenvalue weighted by Crippen LogP contribution is -2.22. The standard InChI is InChI=1S/C20H31N5OSi/c1-15-7-5-6-8-16(15)19-23-22-18-13-21-20-17(25(18)19)9-10-24(20)14-26-11-12-27(2,3)4/h9-10,13,15-16H,5-8,11-12,14H2,1-4H3. The van der Waals surface area contributed by atoms with Crippen molar-refractivity contribution in [3.63, 3.8) is 0 Å². The lowest BCUT2D eigenvalue weighted by molar-refractivity contribution is 0.0899. The van der Waals surface area contributed by atoms with Crippen LogP contribution in [0, 0.1) is 5.92 Å². The van der Waals surface area contributed by atoms with E-state index in [0.29, 0.717) is 18.6 Å². The van der Waals surface area contributed by atoms with Crippen molar-refractivity contribution in [1.29, 1.82) is 0 Å². The van der Waals surface area contributed by atoms with Gasteiger partial charge in [0.05, 0.1) is 11.7 Å². The average Bonchev–Trinajstić information content (AvgIpc) is 3.22. The quantitative estimate of drug-likeness (QED) is 0.456. The molecule has 3 aromatic heterocycles. The molecule has 0 radical (unpaired) electrons. The van der Waals surface area contributed by atoms with Crippen molar-refractivity contribution in [3.8, 4) is 0 Å². The zero-order chi connectivity index (χ0) is 19.0. The van der Waals surface area contributed by atoms with Crippen LogP contribution in [0.1, 0.15) is 44.3 Å². The Balaban J connectivity index is 1.62. The number of fused-ring (bicyclic) bond motifs is 3. The Hall–Kier alpha value is -1.73. The van der Waals surface area contributed by atoms with E-state index in [-0.39, 0.29) is 0 Å². The van der Waals surface area contributed by atoms with Gasteiger partial charge in [-0.15, -0.1) is 10.2 Å². The molecule has 3 aromatic rings. The van der Waals surface area contributed by atoms with Gasteiger partial charge in [-0.2, -0.15) is 0 Å². The molecule has 1 saturated carbocycles. The SMILES string of the molecule is CC1CCCCC1c1nnc2cnc3c(ccn3COCC[Si](C)(C)C)n12. The lowest BCUT2D eigenvalue weighted by Gasteiger charge is -2.27. The van der Waals surface area contributed by atoms with Gasteiger partial charge in [-0.25, -0.2) is 4.98 Å². The van der Waals surface area contributed by atoms with Crippen LogP contribution in [0.3, 0.4) is 0 Å². The molecule has 7 heteroatoms. The molecule has 0 amide bonds. The Bertz CT molecular complexity index is 926. The molecule has 1 aliphatic rings. The maximum atomic E-state index is 5.94. The molecule has 2 atom stereocenters. The Kier molecular flexibility index (Phi) is 5.07. The van der Waals surface area contributed by atoms with Crippen LogP contribution in [0.25, 0.3) is 16.8 Å². The van der Waals surface area contributed by atoms with Gasteiger partial charge in [0.15, 0.2) is 11.3 Å². The van der Waals surface area contributed by atoms with Gasteiger partial charge in [0.25, 0.3) is 0 Å². The number of ether oxygens (including phenoxy) is 1. The van der Waals surface area contributed by atoms with E-state index in [0.717, 1.165) is 29.2 Å². The monoisotopic (exact) mass is 385 g/mol. The van der Waals surface area contributed by atoms with Crippen LogP contribution < -0.4 is 0 Å². The van der Waals surface area contributed by atoms with E-state index >= 15 is 0 Å². The van der Waals surface area contributed by atoms with Gasteiger partial charge in [0.1, 0.15) is 12.6 Å². The van der Waals surface area contributed by atoms with E-state index in [1.165, 1.54) is 31.7 Å². The van der Waals surface area contributed by atoms with Crippen LogP contribution in [0.5, 0.6) is 0 Å². The second-order valence-corrected chi connectivity index (χ2v) is 14.8. The molecule has 1 aliphatic carbocycles. The minimum absolute atomic E-state index is 0.482. The van der Waals surface area contributed by atoms with Crippen molar-refractivity contribution >= 4 is 24.9 Å². The maximum absolute atomic E-state index is 5.94. The van der Waals surface area contributed by atoms with Crippen molar-refractivity contribution in [2.45, 2.75) is 70.9 Å². The molecule has 1 fully saturated rings. The molecule has 27 heavy (non-hydrogen) atoms. The van der Waals surface area contributed by atoms with E-state index in [4.69, 9.17) is 4.74 Å². The van der Waals surface area contributed by atoms with Crippen LogP contribution in [-0.2, 0) is 11.5 Å². The highest BCUT2D eigenvalue weighted by Crippen LogP contribution is 2.37. The molecule has 3 heterocycles. The highest BCUT2D eigenvalue weighted by Gasteiger charge is 2.28. The lowest BCUT2D eigenvalue weighted by atomic mass is 9.80. The van der Waals surface area contributed by atoms with Crippen LogP contribution >= 0.6 is 0 Å². The van der Waals surface area contributed by atoms with Crippen LogP contribution in [-0.4, -0.2) is 38.8 Å². The third-order valence-corrected chi connectivity index (χ3v) is 7.54. The van der Waals surface area contributed by atoms with Gasteiger partial charge < -0.3 is 9.30 Å². The number of hydrogen-bond donors (Lipinski definition) is 0. The number of nitrogens with zero attached hydrogens (tertiary/aromatic N) is 5. The van der Waals surface area contributed by atoms with Crippen molar-refractivity contribution in [1.82, 2.24) is 24.1 Å². The van der Waals surface area contributed by atoms with Crippen molar-refractivity contribution < 1.29 is 4.74 Å². The second kappa shape index (κ2) is 7.35. The summed E-state index contributed by atoms with van der Waals surface area (Å²) in [6, 6.07) is 3.30. The Morgan fingerprint density at radius 1 is 1.19 bits per heavy atom. The predicted molar refractivity (Wildman–Crippen MR) is 111 cm³/mol. The molecule has 146 valence electrons. The third kappa shape index (κ3) is 3.80. The van der Waals surface area contributed by atoms with Crippen LogP contribution in [0.15, 0.2) is 18.5 Å². The molecule has 6 nitrogen and oxygen atoms in total. The Morgan fingerprint density at radius 2 is 2.00 bits per heavy atom. The highest BCUT2D eigenvalue weighted by atomic mass is 28.3.